The molecule has 0 radical (unpaired) electrons. The number of nitrogens with zero attached hydrogens (tertiary/aromatic N) is 1. The molecule has 3 rings (SSSR count). The van der Waals surface area contributed by atoms with Gasteiger partial charge in [-0.05, 0) is 11.4 Å². The molecule has 5 heteroatoms. The van der Waals surface area contributed by atoms with Crippen LogP contribution in [-0.2, 0) is 13.0 Å². The first-order chi connectivity index (χ1) is 7.84. The van der Waals surface area contributed by atoms with Gasteiger partial charge in [0.1, 0.15) is 5.82 Å². The first-order valence-corrected chi connectivity index (χ1v) is 6.14. The Morgan fingerprint density at radius 2 is 2.38 bits per heavy atom. The number of aromatic nitrogens is 2. The number of hydrogen-bond donors (Lipinski definition) is 2. The fourth-order valence-corrected chi connectivity index (χ4v) is 2.53. The van der Waals surface area contributed by atoms with Crippen LogP contribution in [0.4, 0.5) is 0 Å². The van der Waals surface area contributed by atoms with Crippen LogP contribution < -0.4 is 10.9 Å². The molecule has 1 aliphatic heterocycles. The molecule has 0 aromatic carbocycles. The van der Waals surface area contributed by atoms with Gasteiger partial charge in [-0.1, -0.05) is 0 Å². The highest BCUT2D eigenvalue weighted by molar-refractivity contribution is 7.08. The highest BCUT2D eigenvalue weighted by Crippen LogP contribution is 2.18. The van der Waals surface area contributed by atoms with Gasteiger partial charge in [0.05, 0.1) is 11.3 Å². The Morgan fingerprint density at radius 3 is 3.19 bits per heavy atom. The van der Waals surface area contributed by atoms with E-state index in [1.807, 2.05) is 16.8 Å². The Hall–Kier alpha value is -1.46. The third-order valence-electron chi connectivity index (χ3n) is 2.74. The minimum absolute atomic E-state index is 0.0154. The topological polar surface area (TPSA) is 57.8 Å². The van der Waals surface area contributed by atoms with E-state index >= 15 is 0 Å². The first kappa shape index (κ1) is 9.74. The lowest BCUT2D eigenvalue weighted by Gasteiger charge is -2.15. The van der Waals surface area contributed by atoms with E-state index in [1.54, 1.807) is 11.3 Å². The average molecular weight is 233 g/mol. The molecule has 82 valence electrons. The number of hydrogen-bond acceptors (Lipinski definition) is 4. The molecule has 0 saturated carbocycles. The molecule has 16 heavy (non-hydrogen) atoms. The van der Waals surface area contributed by atoms with Crippen LogP contribution in [0, 0.1) is 0 Å². The fraction of sp³-hybridized carbons (Fsp3) is 0.273. The number of H-pyrrole nitrogens is 1. The molecule has 0 unspecified atom stereocenters. The van der Waals surface area contributed by atoms with Crippen molar-refractivity contribution < 1.29 is 0 Å². The van der Waals surface area contributed by atoms with Gasteiger partial charge >= 0.3 is 0 Å². The van der Waals surface area contributed by atoms with Gasteiger partial charge in [-0.2, -0.15) is 11.3 Å². The second-order valence-electron chi connectivity index (χ2n) is 3.78. The first-order valence-electron chi connectivity index (χ1n) is 5.20. The Balaban J connectivity index is 2.16. The van der Waals surface area contributed by atoms with Gasteiger partial charge in [0.25, 0.3) is 5.56 Å². The predicted octanol–water partition coefficient (Wildman–Crippen LogP) is 1.14. The van der Waals surface area contributed by atoms with Crippen LogP contribution in [0.15, 0.2) is 21.6 Å². The van der Waals surface area contributed by atoms with E-state index in [-0.39, 0.29) is 5.56 Å². The van der Waals surface area contributed by atoms with Crippen LogP contribution in [0.3, 0.4) is 0 Å². The molecule has 2 N–H and O–H groups in total. The van der Waals surface area contributed by atoms with Gasteiger partial charge in [-0.25, -0.2) is 4.98 Å². The summed E-state index contributed by atoms with van der Waals surface area (Å²) in [4.78, 5) is 19.2. The standard InChI is InChI=1S/C11H11N3OS/c15-11-8-5-12-3-1-9(8)13-10(14-11)7-2-4-16-6-7/h2,4,6,12H,1,3,5H2,(H,13,14,15). The Kier molecular flexibility index (Phi) is 2.34. The largest absolute Gasteiger partial charge is 0.312 e. The average Bonchev–Trinajstić information content (AvgIpc) is 2.82. The van der Waals surface area contributed by atoms with Crippen molar-refractivity contribution in [2.75, 3.05) is 6.54 Å². The molecular formula is C11H11N3OS. The summed E-state index contributed by atoms with van der Waals surface area (Å²) in [5.74, 6) is 0.687. The van der Waals surface area contributed by atoms with E-state index in [1.165, 1.54) is 0 Å². The zero-order valence-electron chi connectivity index (χ0n) is 8.62. The van der Waals surface area contributed by atoms with Crippen molar-refractivity contribution in [1.82, 2.24) is 15.3 Å². The molecule has 4 nitrogen and oxygen atoms in total. The SMILES string of the molecule is O=c1[nH]c(-c2ccsc2)nc2c1CNCC2. The Morgan fingerprint density at radius 1 is 1.44 bits per heavy atom. The van der Waals surface area contributed by atoms with E-state index in [0.29, 0.717) is 12.4 Å². The maximum absolute atomic E-state index is 11.8. The quantitative estimate of drug-likeness (QED) is 0.776. The number of nitrogens with one attached hydrogen (secondary N) is 2. The van der Waals surface area contributed by atoms with E-state index in [2.05, 4.69) is 15.3 Å². The maximum atomic E-state index is 11.8. The molecule has 0 atom stereocenters. The zero-order valence-corrected chi connectivity index (χ0v) is 9.43. The van der Waals surface area contributed by atoms with Crippen LogP contribution in [0.2, 0.25) is 0 Å². The minimum Gasteiger partial charge on any atom is -0.312 e. The second-order valence-corrected chi connectivity index (χ2v) is 4.56. The lowest BCUT2D eigenvalue weighted by atomic mass is 10.1. The number of rotatable bonds is 1. The second kappa shape index (κ2) is 3.84. The molecule has 0 spiro atoms. The van der Waals surface area contributed by atoms with Crippen molar-refractivity contribution in [3.05, 3.63) is 38.4 Å². The van der Waals surface area contributed by atoms with E-state index in [4.69, 9.17) is 0 Å². The summed E-state index contributed by atoms with van der Waals surface area (Å²) >= 11 is 1.60. The summed E-state index contributed by atoms with van der Waals surface area (Å²) in [7, 11) is 0. The normalized spacial score (nSPS) is 14.8. The summed E-state index contributed by atoms with van der Waals surface area (Å²) in [5.41, 5.74) is 2.69. The van der Waals surface area contributed by atoms with Crippen LogP contribution in [0.5, 0.6) is 0 Å². The summed E-state index contributed by atoms with van der Waals surface area (Å²) in [5, 5.41) is 7.15. The summed E-state index contributed by atoms with van der Waals surface area (Å²) < 4.78 is 0. The Labute approximate surface area is 96.4 Å². The number of fused-ring (bicyclic) bond motifs is 1. The van der Waals surface area contributed by atoms with Crippen molar-refractivity contribution >= 4 is 11.3 Å². The van der Waals surface area contributed by atoms with Crippen molar-refractivity contribution in [2.45, 2.75) is 13.0 Å². The van der Waals surface area contributed by atoms with Crippen molar-refractivity contribution in [3.63, 3.8) is 0 Å². The van der Waals surface area contributed by atoms with Gasteiger partial charge in [0.2, 0.25) is 0 Å². The summed E-state index contributed by atoms with van der Waals surface area (Å²) in [6, 6.07) is 1.97. The monoisotopic (exact) mass is 233 g/mol. The fourth-order valence-electron chi connectivity index (χ4n) is 1.89. The molecule has 1 aliphatic rings. The molecule has 2 aromatic rings. The summed E-state index contributed by atoms with van der Waals surface area (Å²) in [6.45, 7) is 1.52. The van der Waals surface area contributed by atoms with Crippen molar-refractivity contribution in [3.8, 4) is 11.4 Å². The highest BCUT2D eigenvalue weighted by atomic mass is 32.1. The van der Waals surface area contributed by atoms with Crippen LogP contribution in [0.1, 0.15) is 11.3 Å². The number of aromatic amines is 1. The highest BCUT2D eigenvalue weighted by Gasteiger charge is 2.15. The number of thiophene rings is 1. The van der Waals surface area contributed by atoms with Crippen LogP contribution in [0.25, 0.3) is 11.4 Å². The molecule has 3 heterocycles. The zero-order chi connectivity index (χ0) is 11.0. The smallest absolute Gasteiger partial charge is 0.255 e. The Bertz CT molecular complexity index is 559. The van der Waals surface area contributed by atoms with Gasteiger partial charge in [-0.15, -0.1) is 0 Å². The molecule has 0 amide bonds. The van der Waals surface area contributed by atoms with E-state index in [9.17, 15) is 4.79 Å². The minimum atomic E-state index is -0.0154. The molecule has 0 saturated heterocycles. The molecule has 0 aliphatic carbocycles. The third-order valence-corrected chi connectivity index (χ3v) is 3.42. The molecule has 2 aromatic heterocycles. The van der Waals surface area contributed by atoms with Crippen molar-refractivity contribution in [2.24, 2.45) is 0 Å². The lowest BCUT2D eigenvalue weighted by molar-refractivity contribution is 0.621. The van der Waals surface area contributed by atoms with Crippen LogP contribution in [-0.4, -0.2) is 16.5 Å². The predicted molar refractivity (Wildman–Crippen MR) is 63.6 cm³/mol. The van der Waals surface area contributed by atoms with E-state index < -0.39 is 0 Å². The van der Waals surface area contributed by atoms with E-state index in [0.717, 1.165) is 29.8 Å². The van der Waals surface area contributed by atoms with Crippen molar-refractivity contribution in [1.29, 1.82) is 0 Å². The van der Waals surface area contributed by atoms with Crippen LogP contribution >= 0.6 is 11.3 Å². The lowest BCUT2D eigenvalue weighted by Crippen LogP contribution is -2.31. The molecule has 0 bridgehead atoms. The summed E-state index contributed by atoms with van der Waals surface area (Å²) in [6.07, 6.45) is 0.830. The van der Waals surface area contributed by atoms with Gasteiger partial charge in [-0.3, -0.25) is 4.79 Å². The molecular weight excluding hydrogens is 222 g/mol. The van der Waals surface area contributed by atoms with Gasteiger partial charge in [0.15, 0.2) is 0 Å². The van der Waals surface area contributed by atoms with Gasteiger partial charge < -0.3 is 10.3 Å². The molecule has 0 fully saturated rings. The third kappa shape index (κ3) is 1.58. The maximum Gasteiger partial charge on any atom is 0.255 e. The van der Waals surface area contributed by atoms with Gasteiger partial charge in [0, 0.05) is 30.5 Å².